The third-order valence-corrected chi connectivity index (χ3v) is 10.2. The molecule has 3 aromatic rings. The molecular formula is C33H40BrN3O4S. The number of aryl methyl sites for hydroxylation is 3. The van der Waals surface area contributed by atoms with Crippen molar-refractivity contribution in [3.63, 3.8) is 0 Å². The lowest BCUT2D eigenvalue weighted by molar-refractivity contribution is -0.139. The standard InChI is InChI=1S/C33H40BrN3O4S/c1-23-10-17-30(18-11-23)42(40,41)37(31-19-12-24(2)20-25(31)3)22-32(38)36(21-27-13-15-28(34)16-14-27)26(4)33(39)35-29-8-6-5-7-9-29/h10-20,26,29H,5-9,21-22H2,1-4H3,(H,35,39)/t26-/m0/s1. The van der Waals surface area contributed by atoms with Gasteiger partial charge in [-0.15, -0.1) is 0 Å². The van der Waals surface area contributed by atoms with E-state index in [0.29, 0.717) is 5.69 Å². The highest BCUT2D eigenvalue weighted by Crippen LogP contribution is 2.29. The van der Waals surface area contributed by atoms with E-state index >= 15 is 0 Å². The van der Waals surface area contributed by atoms with Crippen LogP contribution >= 0.6 is 15.9 Å². The number of nitrogens with zero attached hydrogens (tertiary/aromatic N) is 2. The van der Waals surface area contributed by atoms with E-state index in [1.54, 1.807) is 37.3 Å². The molecule has 42 heavy (non-hydrogen) atoms. The highest BCUT2D eigenvalue weighted by Gasteiger charge is 2.33. The summed E-state index contributed by atoms with van der Waals surface area (Å²) < 4.78 is 30.2. The average molecular weight is 655 g/mol. The fraction of sp³-hybridized carbons (Fsp3) is 0.394. The molecule has 2 amide bonds. The Kier molecular flexibility index (Phi) is 10.5. The average Bonchev–Trinajstić information content (AvgIpc) is 2.96. The molecule has 0 bridgehead atoms. The second kappa shape index (κ2) is 13.9. The Bertz CT molecular complexity index is 1500. The van der Waals surface area contributed by atoms with E-state index in [-0.39, 0.29) is 23.4 Å². The maximum absolute atomic E-state index is 14.2. The number of sulfonamides is 1. The quantitative estimate of drug-likeness (QED) is 0.273. The smallest absolute Gasteiger partial charge is 0.264 e. The summed E-state index contributed by atoms with van der Waals surface area (Å²) in [7, 11) is -4.10. The molecule has 1 N–H and O–H groups in total. The van der Waals surface area contributed by atoms with Crippen LogP contribution in [0.15, 0.2) is 76.1 Å². The number of hydrogen-bond acceptors (Lipinski definition) is 4. The molecule has 7 nitrogen and oxygen atoms in total. The number of amides is 2. The molecule has 0 aliphatic heterocycles. The molecule has 0 heterocycles. The number of halogens is 1. The molecule has 1 aliphatic rings. The van der Waals surface area contributed by atoms with Crippen LogP contribution in [0, 0.1) is 20.8 Å². The summed E-state index contributed by atoms with van der Waals surface area (Å²) in [5.41, 5.74) is 3.92. The SMILES string of the molecule is Cc1ccc(S(=O)(=O)N(CC(=O)N(Cc2ccc(Br)cc2)[C@@H](C)C(=O)NC2CCCCC2)c2ccc(C)cc2C)cc1. The van der Waals surface area contributed by atoms with Crippen LogP contribution in [0.4, 0.5) is 5.69 Å². The fourth-order valence-corrected chi connectivity index (χ4v) is 7.12. The topological polar surface area (TPSA) is 86.8 Å². The molecule has 9 heteroatoms. The number of hydrogen-bond donors (Lipinski definition) is 1. The highest BCUT2D eigenvalue weighted by atomic mass is 79.9. The molecule has 1 atom stereocenters. The van der Waals surface area contributed by atoms with Crippen molar-refractivity contribution in [1.82, 2.24) is 10.2 Å². The van der Waals surface area contributed by atoms with Gasteiger partial charge in [0.25, 0.3) is 10.0 Å². The predicted octanol–water partition coefficient (Wildman–Crippen LogP) is 6.44. The van der Waals surface area contributed by atoms with Crippen molar-refractivity contribution in [1.29, 1.82) is 0 Å². The van der Waals surface area contributed by atoms with Crippen molar-refractivity contribution >= 4 is 43.5 Å². The Labute approximate surface area is 258 Å². The van der Waals surface area contributed by atoms with Gasteiger partial charge in [-0.25, -0.2) is 8.42 Å². The van der Waals surface area contributed by atoms with Crippen molar-refractivity contribution in [2.75, 3.05) is 10.8 Å². The minimum Gasteiger partial charge on any atom is -0.352 e. The van der Waals surface area contributed by atoms with Crippen molar-refractivity contribution in [3.05, 3.63) is 93.5 Å². The number of rotatable bonds is 10. The van der Waals surface area contributed by atoms with Crippen LogP contribution in [0.5, 0.6) is 0 Å². The van der Waals surface area contributed by atoms with E-state index in [9.17, 15) is 18.0 Å². The number of nitrogens with one attached hydrogen (secondary N) is 1. The zero-order valence-corrected chi connectivity index (χ0v) is 27.2. The lowest BCUT2D eigenvalue weighted by atomic mass is 9.95. The summed E-state index contributed by atoms with van der Waals surface area (Å²) in [6.07, 6.45) is 5.16. The van der Waals surface area contributed by atoms with Crippen LogP contribution in [-0.2, 0) is 26.2 Å². The van der Waals surface area contributed by atoms with Gasteiger partial charge in [0.2, 0.25) is 11.8 Å². The van der Waals surface area contributed by atoms with E-state index in [1.807, 2.05) is 57.2 Å². The Hall–Kier alpha value is -3.17. The summed E-state index contributed by atoms with van der Waals surface area (Å²) in [6.45, 7) is 7.10. The van der Waals surface area contributed by atoms with Gasteiger partial charge in [0.05, 0.1) is 10.6 Å². The molecule has 1 saturated carbocycles. The number of carbonyl (C=O) groups excluding carboxylic acids is 2. The van der Waals surface area contributed by atoms with Gasteiger partial charge in [0.15, 0.2) is 0 Å². The van der Waals surface area contributed by atoms with Gasteiger partial charge in [-0.1, -0.05) is 82.7 Å². The largest absolute Gasteiger partial charge is 0.352 e. The van der Waals surface area contributed by atoms with Crippen LogP contribution in [0.2, 0.25) is 0 Å². The van der Waals surface area contributed by atoms with E-state index in [1.165, 1.54) is 15.6 Å². The molecule has 0 spiro atoms. The van der Waals surface area contributed by atoms with Gasteiger partial charge in [-0.2, -0.15) is 0 Å². The fourth-order valence-electron chi connectivity index (χ4n) is 5.37. The maximum Gasteiger partial charge on any atom is 0.264 e. The number of anilines is 1. The Morgan fingerprint density at radius 3 is 2.14 bits per heavy atom. The first-order chi connectivity index (χ1) is 20.0. The van der Waals surface area contributed by atoms with E-state index in [2.05, 4.69) is 21.2 Å². The first-order valence-electron chi connectivity index (χ1n) is 14.5. The van der Waals surface area contributed by atoms with Gasteiger partial charge in [-0.3, -0.25) is 13.9 Å². The molecule has 1 aliphatic carbocycles. The first kappa shape index (κ1) is 31.8. The van der Waals surface area contributed by atoms with E-state index in [0.717, 1.165) is 52.4 Å². The van der Waals surface area contributed by atoms with Crippen molar-refractivity contribution in [3.8, 4) is 0 Å². The normalized spacial score (nSPS) is 14.7. The van der Waals surface area contributed by atoms with Crippen LogP contribution in [-0.4, -0.2) is 43.8 Å². The maximum atomic E-state index is 14.2. The van der Waals surface area contributed by atoms with Gasteiger partial charge in [0.1, 0.15) is 12.6 Å². The summed E-state index contributed by atoms with van der Waals surface area (Å²) in [5, 5.41) is 3.14. The second-order valence-electron chi connectivity index (χ2n) is 11.3. The molecule has 0 aromatic heterocycles. The lowest BCUT2D eigenvalue weighted by Gasteiger charge is -2.33. The van der Waals surface area contributed by atoms with Crippen LogP contribution in [0.25, 0.3) is 0 Å². The Morgan fingerprint density at radius 2 is 1.52 bits per heavy atom. The third kappa shape index (κ3) is 7.81. The molecular weight excluding hydrogens is 614 g/mol. The van der Waals surface area contributed by atoms with E-state index in [4.69, 9.17) is 0 Å². The molecule has 224 valence electrons. The molecule has 3 aromatic carbocycles. The van der Waals surface area contributed by atoms with Crippen molar-refractivity contribution in [2.24, 2.45) is 0 Å². The molecule has 0 radical (unpaired) electrons. The van der Waals surface area contributed by atoms with Crippen molar-refractivity contribution < 1.29 is 18.0 Å². The van der Waals surface area contributed by atoms with Gasteiger partial charge < -0.3 is 10.2 Å². The van der Waals surface area contributed by atoms with Crippen LogP contribution in [0.1, 0.15) is 61.3 Å². The van der Waals surface area contributed by atoms with Crippen molar-refractivity contribution in [2.45, 2.75) is 83.3 Å². The Balaban J connectivity index is 1.69. The minimum atomic E-state index is -4.10. The monoisotopic (exact) mass is 653 g/mol. The zero-order valence-electron chi connectivity index (χ0n) is 24.8. The van der Waals surface area contributed by atoms with Gasteiger partial charge >= 0.3 is 0 Å². The summed E-state index contributed by atoms with van der Waals surface area (Å²) in [4.78, 5) is 29.2. The molecule has 4 rings (SSSR count). The van der Waals surface area contributed by atoms with Crippen LogP contribution in [0.3, 0.4) is 0 Å². The number of benzene rings is 3. The highest BCUT2D eigenvalue weighted by molar-refractivity contribution is 9.10. The predicted molar refractivity (Wildman–Crippen MR) is 171 cm³/mol. The van der Waals surface area contributed by atoms with Gasteiger partial charge in [0, 0.05) is 17.1 Å². The summed E-state index contributed by atoms with van der Waals surface area (Å²) >= 11 is 3.45. The molecule has 0 unspecified atom stereocenters. The zero-order chi connectivity index (χ0) is 30.4. The summed E-state index contributed by atoms with van der Waals surface area (Å²) in [5.74, 6) is -0.688. The third-order valence-electron chi connectivity index (χ3n) is 7.89. The van der Waals surface area contributed by atoms with E-state index < -0.39 is 28.5 Å². The second-order valence-corrected chi connectivity index (χ2v) is 14.1. The minimum absolute atomic E-state index is 0.0898. The van der Waals surface area contributed by atoms with Crippen LogP contribution < -0.4 is 9.62 Å². The lowest BCUT2D eigenvalue weighted by Crippen LogP contribution is -2.53. The molecule has 0 saturated heterocycles. The Morgan fingerprint density at radius 1 is 0.905 bits per heavy atom. The number of carbonyl (C=O) groups is 2. The molecule has 1 fully saturated rings. The first-order valence-corrected chi connectivity index (χ1v) is 16.7. The summed E-state index contributed by atoms with van der Waals surface area (Å²) in [6, 6.07) is 18.9. The van der Waals surface area contributed by atoms with Gasteiger partial charge in [-0.05, 0) is 82.0 Å².